The Balaban J connectivity index is 1.46. The van der Waals surface area contributed by atoms with E-state index in [4.69, 9.17) is 18.9 Å². The molecule has 1 aliphatic rings. The Morgan fingerprint density at radius 3 is 2.48 bits per heavy atom. The highest BCUT2D eigenvalue weighted by Crippen LogP contribution is 2.34. The monoisotopic (exact) mass is 399 g/mol. The van der Waals surface area contributed by atoms with Crippen LogP contribution in [-0.2, 0) is 20.9 Å². The molecular formula is C22H25NO6. The third kappa shape index (κ3) is 5.71. The van der Waals surface area contributed by atoms with Crippen LogP contribution in [0.1, 0.15) is 48.3 Å². The molecule has 0 spiro atoms. The van der Waals surface area contributed by atoms with Crippen LogP contribution in [0.2, 0.25) is 0 Å². The zero-order valence-electron chi connectivity index (χ0n) is 16.8. The first kappa shape index (κ1) is 20.7. The lowest BCUT2D eigenvalue weighted by Gasteiger charge is -2.15. The van der Waals surface area contributed by atoms with Crippen LogP contribution in [0, 0.1) is 0 Å². The standard InChI is InChI=1S/C22H25NO6/c1-14(2)26-11-16-4-6-17(7-5-16)22(25)27-12-21(24)23-15(3)18-8-9-19-20(10-18)29-13-28-19/h4-10,14-15H,11-13H2,1-3H3,(H,23,24)/t15-/m1/s1. The Kier molecular flexibility index (Phi) is 6.72. The Morgan fingerprint density at radius 2 is 1.76 bits per heavy atom. The normalized spacial score (nSPS) is 13.2. The molecule has 0 unspecified atom stereocenters. The predicted molar refractivity (Wildman–Crippen MR) is 106 cm³/mol. The highest BCUT2D eigenvalue weighted by molar-refractivity contribution is 5.91. The second-order valence-corrected chi connectivity index (χ2v) is 7.03. The number of ether oxygens (including phenoxy) is 4. The predicted octanol–water partition coefficient (Wildman–Crippen LogP) is 3.37. The van der Waals surface area contributed by atoms with Crippen molar-refractivity contribution in [3.05, 3.63) is 59.2 Å². The highest BCUT2D eigenvalue weighted by Gasteiger charge is 2.17. The van der Waals surface area contributed by atoms with E-state index < -0.39 is 5.97 Å². The van der Waals surface area contributed by atoms with E-state index in [-0.39, 0.29) is 31.5 Å². The first-order valence-corrected chi connectivity index (χ1v) is 9.49. The van der Waals surface area contributed by atoms with Crippen molar-refractivity contribution in [1.29, 1.82) is 0 Å². The lowest BCUT2D eigenvalue weighted by Crippen LogP contribution is -2.31. The molecular weight excluding hydrogens is 374 g/mol. The van der Waals surface area contributed by atoms with Crippen LogP contribution in [0.4, 0.5) is 0 Å². The van der Waals surface area contributed by atoms with Gasteiger partial charge in [-0.25, -0.2) is 4.79 Å². The number of carbonyl (C=O) groups is 2. The van der Waals surface area contributed by atoms with Crippen LogP contribution in [0.3, 0.4) is 0 Å². The van der Waals surface area contributed by atoms with Gasteiger partial charge in [0.15, 0.2) is 18.1 Å². The Hall–Kier alpha value is -3.06. The van der Waals surface area contributed by atoms with Gasteiger partial charge in [0.1, 0.15) is 0 Å². The lowest BCUT2D eigenvalue weighted by molar-refractivity contribution is -0.124. The van der Waals surface area contributed by atoms with E-state index >= 15 is 0 Å². The summed E-state index contributed by atoms with van der Waals surface area (Å²) in [5, 5.41) is 2.80. The van der Waals surface area contributed by atoms with Crippen molar-refractivity contribution < 1.29 is 28.5 Å². The van der Waals surface area contributed by atoms with Gasteiger partial charge in [-0.05, 0) is 56.2 Å². The maximum atomic E-state index is 12.1. The summed E-state index contributed by atoms with van der Waals surface area (Å²) >= 11 is 0. The van der Waals surface area contributed by atoms with Crippen LogP contribution in [0.25, 0.3) is 0 Å². The molecule has 3 rings (SSSR count). The van der Waals surface area contributed by atoms with Crippen molar-refractivity contribution in [3.63, 3.8) is 0 Å². The summed E-state index contributed by atoms with van der Waals surface area (Å²) in [7, 11) is 0. The number of esters is 1. The van der Waals surface area contributed by atoms with Gasteiger partial charge in [0.05, 0.1) is 24.3 Å². The van der Waals surface area contributed by atoms with Gasteiger partial charge in [-0.1, -0.05) is 18.2 Å². The van der Waals surface area contributed by atoms with Crippen molar-refractivity contribution in [2.45, 2.75) is 39.5 Å². The van der Waals surface area contributed by atoms with Crippen molar-refractivity contribution in [2.75, 3.05) is 13.4 Å². The molecule has 1 N–H and O–H groups in total. The van der Waals surface area contributed by atoms with Gasteiger partial charge < -0.3 is 24.3 Å². The molecule has 7 nitrogen and oxygen atoms in total. The van der Waals surface area contributed by atoms with E-state index in [1.54, 1.807) is 30.3 Å². The summed E-state index contributed by atoms with van der Waals surface area (Å²) in [6.45, 7) is 6.09. The largest absolute Gasteiger partial charge is 0.454 e. The number of hydrogen-bond acceptors (Lipinski definition) is 6. The van der Waals surface area contributed by atoms with E-state index in [2.05, 4.69) is 5.32 Å². The summed E-state index contributed by atoms with van der Waals surface area (Å²) in [5.74, 6) is 0.401. The molecule has 0 saturated carbocycles. The number of amides is 1. The molecule has 0 aromatic heterocycles. The van der Waals surface area contributed by atoms with E-state index in [9.17, 15) is 9.59 Å². The number of hydrogen-bond donors (Lipinski definition) is 1. The summed E-state index contributed by atoms with van der Waals surface area (Å²) in [4.78, 5) is 24.3. The van der Waals surface area contributed by atoms with Gasteiger partial charge in [0.2, 0.25) is 6.79 Å². The SMILES string of the molecule is CC(C)OCc1ccc(C(=O)OCC(=O)N[C@H](C)c2ccc3c(c2)OCO3)cc1. The molecule has 0 radical (unpaired) electrons. The summed E-state index contributed by atoms with van der Waals surface area (Å²) in [6, 6.07) is 12.1. The molecule has 29 heavy (non-hydrogen) atoms. The van der Waals surface area contributed by atoms with Crippen LogP contribution >= 0.6 is 0 Å². The molecule has 2 aromatic rings. The van der Waals surface area contributed by atoms with Crippen LogP contribution in [-0.4, -0.2) is 31.4 Å². The van der Waals surface area contributed by atoms with Gasteiger partial charge in [-0.2, -0.15) is 0 Å². The van der Waals surface area contributed by atoms with Gasteiger partial charge >= 0.3 is 5.97 Å². The number of rotatable bonds is 8. The second kappa shape index (κ2) is 9.43. The molecule has 0 aliphatic carbocycles. The van der Waals surface area contributed by atoms with E-state index in [0.717, 1.165) is 11.1 Å². The first-order chi connectivity index (χ1) is 13.9. The zero-order valence-corrected chi connectivity index (χ0v) is 16.8. The van der Waals surface area contributed by atoms with Crippen molar-refractivity contribution >= 4 is 11.9 Å². The molecule has 1 amide bonds. The maximum absolute atomic E-state index is 12.1. The highest BCUT2D eigenvalue weighted by atomic mass is 16.7. The lowest BCUT2D eigenvalue weighted by atomic mass is 10.1. The number of fused-ring (bicyclic) bond motifs is 1. The van der Waals surface area contributed by atoms with Crippen LogP contribution < -0.4 is 14.8 Å². The van der Waals surface area contributed by atoms with Gasteiger partial charge in [0, 0.05) is 0 Å². The molecule has 0 saturated heterocycles. The summed E-state index contributed by atoms with van der Waals surface area (Å²) in [5.41, 5.74) is 2.22. The third-order valence-corrected chi connectivity index (χ3v) is 4.38. The minimum Gasteiger partial charge on any atom is -0.454 e. The van der Waals surface area contributed by atoms with E-state index in [0.29, 0.717) is 23.7 Å². The van der Waals surface area contributed by atoms with Gasteiger partial charge in [-0.15, -0.1) is 0 Å². The average Bonchev–Trinajstić information content (AvgIpc) is 3.18. The van der Waals surface area contributed by atoms with Crippen molar-refractivity contribution in [3.8, 4) is 11.5 Å². The fraction of sp³-hybridized carbons (Fsp3) is 0.364. The van der Waals surface area contributed by atoms with E-state index in [1.165, 1.54) is 0 Å². The Morgan fingerprint density at radius 1 is 1.03 bits per heavy atom. The fourth-order valence-electron chi connectivity index (χ4n) is 2.76. The Bertz CT molecular complexity index is 862. The third-order valence-electron chi connectivity index (χ3n) is 4.38. The van der Waals surface area contributed by atoms with E-state index in [1.807, 2.05) is 32.9 Å². The number of benzene rings is 2. The van der Waals surface area contributed by atoms with Crippen molar-refractivity contribution in [1.82, 2.24) is 5.32 Å². The smallest absolute Gasteiger partial charge is 0.338 e. The zero-order chi connectivity index (χ0) is 20.8. The maximum Gasteiger partial charge on any atom is 0.338 e. The molecule has 0 fully saturated rings. The minimum absolute atomic E-state index is 0.137. The van der Waals surface area contributed by atoms with Crippen molar-refractivity contribution in [2.24, 2.45) is 0 Å². The van der Waals surface area contributed by atoms with Gasteiger partial charge in [-0.3, -0.25) is 4.79 Å². The minimum atomic E-state index is -0.549. The average molecular weight is 399 g/mol. The summed E-state index contributed by atoms with van der Waals surface area (Å²) in [6.07, 6.45) is 0.137. The quantitative estimate of drug-likeness (QED) is 0.686. The molecule has 1 heterocycles. The first-order valence-electron chi connectivity index (χ1n) is 9.49. The van der Waals surface area contributed by atoms with Crippen LogP contribution in [0.5, 0.6) is 11.5 Å². The van der Waals surface area contributed by atoms with Gasteiger partial charge in [0.25, 0.3) is 5.91 Å². The number of carbonyl (C=O) groups excluding carboxylic acids is 2. The molecule has 154 valence electrons. The topological polar surface area (TPSA) is 83.1 Å². The Labute approximate surface area is 169 Å². The molecule has 0 bridgehead atoms. The fourth-order valence-corrected chi connectivity index (χ4v) is 2.76. The molecule has 2 aromatic carbocycles. The molecule has 1 atom stereocenters. The molecule has 7 heteroatoms. The molecule has 1 aliphatic heterocycles. The second-order valence-electron chi connectivity index (χ2n) is 7.03. The van der Waals surface area contributed by atoms with Crippen LogP contribution in [0.15, 0.2) is 42.5 Å². The summed E-state index contributed by atoms with van der Waals surface area (Å²) < 4.78 is 21.3. The number of nitrogens with one attached hydrogen (secondary N) is 1.